The molecule has 696 valence electrons. The number of aryl methyl sites for hydroxylation is 18. The van der Waals surface area contributed by atoms with Crippen LogP contribution in [0.3, 0.4) is 0 Å². The predicted octanol–water partition coefficient (Wildman–Crippen LogP) is 22.7. The van der Waals surface area contributed by atoms with Crippen LogP contribution in [0.15, 0.2) is 108 Å². The second-order valence-electron chi connectivity index (χ2n) is 42.9. The molecule has 0 amide bonds. The SMILES string of the molecule is CC(/C=C(/C)[N-]c1c(C)cc(C)cc1C)=[NH+]c1c(C)cc(C)cc1C.CC(/C=C(/C)[N-]c1c(C)cc(C)cc1C)=[NH+]c1c(C)cc(C)cc1C.CC(/C=C(/C)[N-]c1c(C)cc(C)cc1C)=[NH+]c1c(C)cc(C)cc1C.CC1(C)O[B-]2(OC1(C)C)OC(C)(C)C(C)(C)O2.CC1(C)O[B-]2(OC1(C)C)OC(C)(C)C(C)(C)O2.CC1(C)O[B-]2(OC1(C)C)OC(C)(C)C(C)(C)O2.[Mg+2].[Mg+2].[Mg+2]. The van der Waals surface area contributed by atoms with E-state index in [1.54, 1.807) is 0 Å². The molecule has 0 aromatic heterocycles. The third-order valence-electron chi connectivity index (χ3n) is 27.0. The molecule has 0 bridgehead atoms. The van der Waals surface area contributed by atoms with Crippen molar-refractivity contribution < 1.29 is 70.8 Å². The maximum absolute atomic E-state index is 5.98. The van der Waals surface area contributed by atoms with Crippen molar-refractivity contribution in [3.05, 3.63) is 224 Å². The summed E-state index contributed by atoms with van der Waals surface area (Å²) in [4.78, 5) is 10.6. The van der Waals surface area contributed by atoms with Gasteiger partial charge in [-0.15, -0.1) is 17.1 Å². The van der Waals surface area contributed by atoms with Crippen molar-refractivity contribution in [2.45, 2.75) is 400 Å². The number of benzene rings is 6. The number of hydrogen-bond donors (Lipinski definition) is 3. The van der Waals surface area contributed by atoms with Gasteiger partial charge in [0.25, 0.3) is 0 Å². The third kappa shape index (κ3) is 28.1. The molecule has 24 heteroatoms. The molecular weight excluding hydrogens is 1640 g/mol. The van der Waals surface area contributed by atoms with Crippen LogP contribution in [0.2, 0.25) is 0 Å². The van der Waals surface area contributed by atoms with E-state index in [0.717, 1.165) is 51.3 Å². The normalized spacial score (nSPS) is 21.2. The summed E-state index contributed by atoms with van der Waals surface area (Å²) in [6.45, 7) is 92.4. The van der Waals surface area contributed by atoms with E-state index in [1.807, 2.05) is 166 Å². The summed E-state index contributed by atoms with van der Waals surface area (Å²) in [5.41, 5.74) is 30.5. The molecule has 6 aromatic carbocycles. The van der Waals surface area contributed by atoms with Crippen LogP contribution in [-0.2, 0) is 55.9 Å². The molecule has 6 aliphatic rings. The fraction of sp³-hybridized carbons (Fsp3) is 0.571. The fourth-order valence-corrected chi connectivity index (χ4v) is 16.9. The first kappa shape index (κ1) is 116. The summed E-state index contributed by atoms with van der Waals surface area (Å²) in [6.07, 6.45) is 6.33. The minimum atomic E-state index is -2.11. The van der Waals surface area contributed by atoms with Crippen LogP contribution in [0.1, 0.15) is 308 Å². The molecule has 129 heavy (non-hydrogen) atoms. The molecule has 6 fully saturated rings. The summed E-state index contributed by atoms with van der Waals surface area (Å²) in [5, 5.41) is 14.5. The summed E-state index contributed by atoms with van der Waals surface area (Å²) in [5.74, 6) is 0. The largest absolute Gasteiger partial charge is 2.00 e. The number of allylic oxidation sites excluding steroid dienone is 6. The zero-order valence-corrected chi connectivity index (χ0v) is 93.5. The van der Waals surface area contributed by atoms with Gasteiger partial charge in [0.2, 0.25) is 17.1 Å². The second-order valence-corrected chi connectivity index (χ2v) is 42.9. The van der Waals surface area contributed by atoms with Gasteiger partial charge in [-0.2, -0.15) is 17.1 Å². The smallest absolute Gasteiger partial charge is 0.661 e. The van der Waals surface area contributed by atoms with Gasteiger partial charge in [-0.1, -0.05) is 124 Å². The van der Waals surface area contributed by atoms with Gasteiger partial charge in [0.15, 0.2) is 17.1 Å². The molecule has 0 unspecified atom stereocenters. The van der Waals surface area contributed by atoms with Gasteiger partial charge in [-0.3, -0.25) is 0 Å². The van der Waals surface area contributed by atoms with Crippen LogP contribution >= 0.6 is 0 Å². The molecule has 6 aromatic rings. The zero-order valence-electron chi connectivity index (χ0n) is 89.3. The third-order valence-corrected chi connectivity index (χ3v) is 27.0. The number of nitrogens with zero attached hydrogens (tertiary/aromatic N) is 3. The van der Waals surface area contributed by atoms with Gasteiger partial charge in [0.1, 0.15) is 0 Å². The van der Waals surface area contributed by atoms with Crippen molar-refractivity contribution in [3.8, 4) is 0 Å². The number of rotatable bonds is 12. The molecule has 0 atom stereocenters. The van der Waals surface area contributed by atoms with E-state index in [-0.39, 0.29) is 69.2 Å². The summed E-state index contributed by atoms with van der Waals surface area (Å²) >= 11 is 0. The van der Waals surface area contributed by atoms with E-state index in [1.165, 1.54) is 117 Å². The first-order valence-corrected chi connectivity index (χ1v) is 45.3. The Labute approximate surface area is 829 Å². The van der Waals surface area contributed by atoms with Crippen molar-refractivity contribution in [2.75, 3.05) is 0 Å². The molecule has 6 saturated heterocycles. The first-order valence-electron chi connectivity index (χ1n) is 45.3. The summed E-state index contributed by atoms with van der Waals surface area (Å²) < 4.78 is 71.8. The van der Waals surface area contributed by atoms with Crippen molar-refractivity contribution in [1.82, 2.24) is 0 Å². The predicted molar refractivity (Wildman–Crippen MR) is 545 cm³/mol. The van der Waals surface area contributed by atoms with Gasteiger partial charge < -0.3 is 71.8 Å². The first-order chi connectivity index (χ1) is 57.0. The van der Waals surface area contributed by atoms with E-state index >= 15 is 0 Å². The van der Waals surface area contributed by atoms with Crippen molar-refractivity contribution in [2.24, 2.45) is 0 Å². The standard InChI is InChI=1S/3C23H29N2.3C12H24BO4.3Mg/c3*1-14-9-16(3)22(17(4)10-14)24-20(7)13-21(8)25-23-18(5)11-15(2)12-19(23)6;3*1-9(2)10(3,4)15-13(14-9)16-11(5,6)12(7,8)17-13;;;/h3*9-13H,1-8H3;3*1-8H3;;;/q6*-1;3*+2/p+3/b3*20-13-,25-21?;;;;;;. The fourth-order valence-electron chi connectivity index (χ4n) is 16.9. The second kappa shape index (κ2) is 42.3. The van der Waals surface area contributed by atoms with Crippen LogP contribution < -0.4 is 15.0 Å². The minimum absolute atomic E-state index is 0. The topological polar surface area (TPSA) is 195 Å². The van der Waals surface area contributed by atoms with E-state index in [9.17, 15) is 0 Å². The van der Waals surface area contributed by atoms with E-state index in [4.69, 9.17) is 71.8 Å². The Morgan fingerprint density at radius 2 is 0.318 bits per heavy atom. The molecule has 0 aliphatic carbocycles. The van der Waals surface area contributed by atoms with Crippen LogP contribution in [0.25, 0.3) is 16.0 Å². The van der Waals surface area contributed by atoms with E-state index in [0.29, 0.717) is 0 Å². The van der Waals surface area contributed by atoms with Gasteiger partial charge in [0.05, 0.1) is 0 Å². The van der Waals surface area contributed by atoms with Crippen molar-refractivity contribution in [3.63, 3.8) is 0 Å². The number of nitrogens with one attached hydrogen (secondary N) is 3. The monoisotopic (exact) mass is 1800 g/mol. The molecule has 18 nitrogen and oxygen atoms in total. The molecular formula is C105H162B3Mg3N6O12+3. The van der Waals surface area contributed by atoms with Crippen molar-refractivity contribution >= 4 is 141 Å². The Kier molecular flexibility index (Phi) is 38.1. The molecule has 12 rings (SSSR count). The quantitative estimate of drug-likeness (QED) is 0.0776. The summed E-state index contributed by atoms with van der Waals surface area (Å²) in [7, 11) is 0. The van der Waals surface area contributed by atoms with E-state index in [2.05, 4.69) is 272 Å². The van der Waals surface area contributed by atoms with E-state index < -0.39 is 88.1 Å². The molecule has 6 heterocycles. The van der Waals surface area contributed by atoms with Crippen LogP contribution in [0.4, 0.5) is 34.1 Å². The Morgan fingerprint density at radius 3 is 0.434 bits per heavy atom. The molecule has 3 spiro atoms. The minimum Gasteiger partial charge on any atom is -0.661 e. The molecule has 3 N–H and O–H groups in total. The Bertz CT molecular complexity index is 4390. The van der Waals surface area contributed by atoms with Gasteiger partial charge in [-0.05, 0) is 345 Å². The number of hydrogen-bond acceptors (Lipinski definition) is 12. The molecule has 0 saturated carbocycles. The zero-order chi connectivity index (χ0) is 96.2. The summed E-state index contributed by atoms with van der Waals surface area (Å²) in [6, 6.07) is 26.4. The average molecular weight is 1810 g/mol. The maximum atomic E-state index is 5.98. The van der Waals surface area contributed by atoms with Crippen LogP contribution in [0, 0.1) is 125 Å². The maximum Gasteiger partial charge on any atom is 2.00 e. The Balaban J connectivity index is 0.000000325. The van der Waals surface area contributed by atoms with Gasteiger partial charge >= 0.3 is 90.0 Å². The van der Waals surface area contributed by atoms with Crippen molar-refractivity contribution in [1.29, 1.82) is 0 Å². The molecule has 0 radical (unpaired) electrons. The van der Waals surface area contributed by atoms with Crippen LogP contribution in [-0.4, -0.2) is 174 Å². The molecule has 6 aliphatic heterocycles. The van der Waals surface area contributed by atoms with Crippen LogP contribution in [0.5, 0.6) is 0 Å². The van der Waals surface area contributed by atoms with Gasteiger partial charge in [-0.25, -0.2) is 15.0 Å². The van der Waals surface area contributed by atoms with Gasteiger partial charge in [0, 0.05) is 121 Å². The average Bonchev–Trinajstić information content (AvgIpc) is 1.56. The Hall–Kier alpha value is -5.04. The Morgan fingerprint density at radius 1 is 0.209 bits per heavy atom.